The summed E-state index contributed by atoms with van der Waals surface area (Å²) in [5.74, 6) is 1.19. The van der Waals surface area contributed by atoms with Crippen LogP contribution in [-0.4, -0.2) is 39.4 Å². The van der Waals surface area contributed by atoms with Gasteiger partial charge in [0.1, 0.15) is 11.8 Å². The Morgan fingerprint density at radius 1 is 1.28 bits per heavy atom. The first-order valence-corrected chi connectivity index (χ1v) is 8.42. The molecule has 3 aromatic rings. The third-order valence-corrected chi connectivity index (χ3v) is 4.51. The molecule has 1 aliphatic carbocycles. The molecule has 1 saturated carbocycles. The van der Waals surface area contributed by atoms with Crippen LogP contribution in [0.5, 0.6) is 0 Å². The number of benzene rings is 1. The van der Waals surface area contributed by atoms with Crippen LogP contribution in [0.3, 0.4) is 0 Å². The summed E-state index contributed by atoms with van der Waals surface area (Å²) in [7, 11) is 1.84. The maximum Gasteiger partial charge on any atom is 0.240 e. The second-order valence-electron chi connectivity index (χ2n) is 6.45. The molecule has 1 aliphatic rings. The third-order valence-electron chi connectivity index (χ3n) is 4.51. The van der Waals surface area contributed by atoms with Crippen LogP contribution in [0.15, 0.2) is 43.0 Å². The first-order chi connectivity index (χ1) is 12.2. The van der Waals surface area contributed by atoms with Crippen molar-refractivity contribution in [3.63, 3.8) is 0 Å². The van der Waals surface area contributed by atoms with E-state index in [2.05, 4.69) is 37.4 Å². The van der Waals surface area contributed by atoms with E-state index in [1.54, 1.807) is 6.33 Å². The standard InChI is InChI=1S/C18H20N6O/c1-24(18-16-17(20-10-19-16)21-11-22-18)9-14(25)23-15(13-7-8-13)12-5-3-2-4-6-12/h2-6,10-11,13,15H,7-9H2,1H3,(H,23,25)(H,19,20,21,22)/t15-/m1/s1. The summed E-state index contributed by atoms with van der Waals surface area (Å²) in [6, 6.07) is 10.3. The quantitative estimate of drug-likeness (QED) is 0.719. The second-order valence-corrected chi connectivity index (χ2v) is 6.45. The third kappa shape index (κ3) is 3.31. The van der Waals surface area contributed by atoms with Gasteiger partial charge < -0.3 is 15.2 Å². The van der Waals surface area contributed by atoms with Gasteiger partial charge in [-0.2, -0.15) is 0 Å². The molecular formula is C18H20N6O. The van der Waals surface area contributed by atoms with Gasteiger partial charge in [0.15, 0.2) is 11.5 Å². The Morgan fingerprint density at radius 3 is 2.84 bits per heavy atom. The highest BCUT2D eigenvalue weighted by atomic mass is 16.2. The second kappa shape index (κ2) is 6.51. The molecule has 1 fully saturated rings. The van der Waals surface area contributed by atoms with Gasteiger partial charge in [-0.15, -0.1) is 0 Å². The van der Waals surface area contributed by atoms with Gasteiger partial charge >= 0.3 is 0 Å². The normalized spacial score (nSPS) is 15.1. The molecule has 1 amide bonds. The number of aromatic nitrogens is 4. The summed E-state index contributed by atoms with van der Waals surface area (Å²) in [4.78, 5) is 29.9. The van der Waals surface area contributed by atoms with Gasteiger partial charge in [0.05, 0.1) is 18.9 Å². The monoisotopic (exact) mass is 336 g/mol. The van der Waals surface area contributed by atoms with Crippen LogP contribution in [0.25, 0.3) is 11.2 Å². The Balaban J connectivity index is 1.47. The lowest BCUT2D eigenvalue weighted by molar-refractivity contribution is -0.120. The molecule has 0 bridgehead atoms. The van der Waals surface area contributed by atoms with E-state index in [1.165, 1.54) is 11.9 Å². The maximum atomic E-state index is 12.6. The number of imidazole rings is 1. The number of aromatic amines is 1. The number of fused-ring (bicyclic) bond motifs is 1. The number of carbonyl (C=O) groups excluding carboxylic acids is 1. The van der Waals surface area contributed by atoms with Crippen molar-refractivity contribution in [1.29, 1.82) is 0 Å². The number of carbonyl (C=O) groups is 1. The van der Waals surface area contributed by atoms with Gasteiger partial charge in [-0.3, -0.25) is 4.79 Å². The van der Waals surface area contributed by atoms with Gasteiger partial charge in [-0.05, 0) is 24.3 Å². The lowest BCUT2D eigenvalue weighted by Crippen LogP contribution is -2.38. The van der Waals surface area contributed by atoms with E-state index in [4.69, 9.17) is 0 Å². The minimum absolute atomic E-state index is 0.0190. The van der Waals surface area contributed by atoms with Crippen molar-refractivity contribution in [2.24, 2.45) is 5.92 Å². The van der Waals surface area contributed by atoms with E-state index >= 15 is 0 Å². The topological polar surface area (TPSA) is 86.8 Å². The molecule has 1 aromatic carbocycles. The van der Waals surface area contributed by atoms with Gasteiger partial charge in [0, 0.05) is 7.05 Å². The highest BCUT2D eigenvalue weighted by molar-refractivity contribution is 5.87. The van der Waals surface area contributed by atoms with Crippen molar-refractivity contribution >= 4 is 22.9 Å². The van der Waals surface area contributed by atoms with E-state index in [0.29, 0.717) is 17.4 Å². The molecule has 7 heteroatoms. The maximum absolute atomic E-state index is 12.6. The van der Waals surface area contributed by atoms with Gasteiger partial charge in [-0.1, -0.05) is 30.3 Å². The molecular weight excluding hydrogens is 316 g/mol. The van der Waals surface area contributed by atoms with E-state index in [1.807, 2.05) is 30.1 Å². The number of rotatable bonds is 6. The van der Waals surface area contributed by atoms with Crippen LogP contribution in [0.4, 0.5) is 5.82 Å². The minimum Gasteiger partial charge on any atom is -0.348 e. The molecule has 2 N–H and O–H groups in total. The zero-order valence-corrected chi connectivity index (χ0v) is 14.0. The van der Waals surface area contributed by atoms with Crippen molar-refractivity contribution in [1.82, 2.24) is 25.3 Å². The van der Waals surface area contributed by atoms with Crippen LogP contribution >= 0.6 is 0 Å². The van der Waals surface area contributed by atoms with Gasteiger partial charge in [-0.25, -0.2) is 15.0 Å². The molecule has 0 saturated heterocycles. The number of hydrogen-bond donors (Lipinski definition) is 2. The lowest BCUT2D eigenvalue weighted by atomic mass is 10.0. The minimum atomic E-state index is -0.0190. The summed E-state index contributed by atoms with van der Waals surface area (Å²) < 4.78 is 0. The van der Waals surface area contributed by atoms with Gasteiger partial charge in [0.25, 0.3) is 0 Å². The predicted molar refractivity (Wildman–Crippen MR) is 95.0 cm³/mol. The first kappa shape index (κ1) is 15.6. The Hall–Kier alpha value is -2.96. The fraction of sp³-hybridized carbons (Fsp3) is 0.333. The molecule has 4 rings (SSSR count). The van der Waals surface area contributed by atoms with Crippen molar-refractivity contribution in [3.05, 3.63) is 48.5 Å². The van der Waals surface area contributed by atoms with E-state index in [-0.39, 0.29) is 18.5 Å². The largest absolute Gasteiger partial charge is 0.348 e. The molecule has 0 unspecified atom stereocenters. The summed E-state index contributed by atoms with van der Waals surface area (Å²) in [6.45, 7) is 0.223. The number of likely N-dealkylation sites (N-methyl/N-ethyl adjacent to an activating group) is 1. The van der Waals surface area contributed by atoms with Crippen LogP contribution in [0.2, 0.25) is 0 Å². The van der Waals surface area contributed by atoms with Crippen LogP contribution in [-0.2, 0) is 4.79 Å². The number of anilines is 1. The van der Waals surface area contributed by atoms with Crippen molar-refractivity contribution in [3.8, 4) is 0 Å². The first-order valence-electron chi connectivity index (χ1n) is 8.42. The average molecular weight is 336 g/mol. The summed E-state index contributed by atoms with van der Waals surface area (Å²) >= 11 is 0. The van der Waals surface area contributed by atoms with E-state index in [0.717, 1.165) is 18.4 Å². The van der Waals surface area contributed by atoms with Crippen LogP contribution in [0.1, 0.15) is 24.4 Å². The van der Waals surface area contributed by atoms with E-state index in [9.17, 15) is 4.79 Å². The number of nitrogens with zero attached hydrogens (tertiary/aromatic N) is 4. The molecule has 0 aliphatic heterocycles. The molecule has 2 heterocycles. The zero-order valence-electron chi connectivity index (χ0n) is 14.0. The van der Waals surface area contributed by atoms with Crippen LogP contribution < -0.4 is 10.2 Å². The lowest BCUT2D eigenvalue weighted by Gasteiger charge is -2.22. The SMILES string of the molecule is CN(CC(=O)N[C@H](c1ccccc1)C1CC1)c1ncnc2nc[nH]c12. The van der Waals surface area contributed by atoms with E-state index < -0.39 is 0 Å². The summed E-state index contributed by atoms with van der Waals surface area (Å²) in [6.07, 6.45) is 5.37. The molecule has 2 aromatic heterocycles. The molecule has 128 valence electrons. The number of nitrogens with one attached hydrogen (secondary N) is 2. The Kier molecular flexibility index (Phi) is 4.05. The fourth-order valence-electron chi connectivity index (χ4n) is 3.11. The Labute approximate surface area is 145 Å². The molecule has 25 heavy (non-hydrogen) atoms. The summed E-state index contributed by atoms with van der Waals surface area (Å²) in [5, 5.41) is 3.19. The molecule has 1 atom stereocenters. The number of amides is 1. The number of hydrogen-bond acceptors (Lipinski definition) is 5. The van der Waals surface area contributed by atoms with Crippen LogP contribution in [0, 0.1) is 5.92 Å². The number of H-pyrrole nitrogens is 1. The fourth-order valence-corrected chi connectivity index (χ4v) is 3.11. The Morgan fingerprint density at radius 2 is 2.08 bits per heavy atom. The zero-order chi connectivity index (χ0) is 17.2. The average Bonchev–Trinajstić information content (AvgIpc) is 3.36. The molecule has 7 nitrogen and oxygen atoms in total. The van der Waals surface area contributed by atoms with Crippen molar-refractivity contribution in [2.75, 3.05) is 18.5 Å². The highest BCUT2D eigenvalue weighted by Crippen LogP contribution is 2.40. The van der Waals surface area contributed by atoms with Gasteiger partial charge in [0.2, 0.25) is 5.91 Å². The molecule has 0 radical (unpaired) electrons. The Bertz CT molecular complexity index is 873. The highest BCUT2D eigenvalue weighted by Gasteiger charge is 2.33. The molecule has 0 spiro atoms. The van der Waals surface area contributed by atoms with Crippen molar-refractivity contribution in [2.45, 2.75) is 18.9 Å². The summed E-state index contributed by atoms with van der Waals surface area (Å²) in [5.41, 5.74) is 2.50. The smallest absolute Gasteiger partial charge is 0.240 e. The van der Waals surface area contributed by atoms with Crippen molar-refractivity contribution < 1.29 is 4.79 Å². The predicted octanol–water partition coefficient (Wildman–Crippen LogP) is 2.06.